The Morgan fingerprint density at radius 3 is 2.50 bits per heavy atom. The van der Waals surface area contributed by atoms with Gasteiger partial charge in [-0.2, -0.15) is 0 Å². The van der Waals surface area contributed by atoms with Crippen LogP contribution in [0.15, 0.2) is 0 Å². The van der Waals surface area contributed by atoms with Crippen LogP contribution >= 0.6 is 10.0 Å². The Balaban J connectivity index is 2.75. The summed E-state index contributed by atoms with van der Waals surface area (Å²) < 4.78 is 4.94. The molecular formula is C2H7Al2ClO. The second-order valence-electron chi connectivity index (χ2n) is 1.05. The molecule has 0 aromatic heterocycles. The molecule has 0 N–H and O–H groups in total. The van der Waals surface area contributed by atoms with E-state index in [1.807, 2.05) is 0 Å². The molecule has 0 aromatic rings. The number of rotatable bonds is 2. The van der Waals surface area contributed by atoms with Gasteiger partial charge in [0.05, 0.1) is 0 Å². The molecule has 0 aliphatic rings. The molecule has 0 rings (SSSR count). The first-order chi connectivity index (χ1) is 2.81. The number of hydrogen-bond donors (Lipinski definition) is 0. The summed E-state index contributed by atoms with van der Waals surface area (Å²) in [6.07, 6.45) is 0. The van der Waals surface area contributed by atoms with Crippen LogP contribution in [0.4, 0.5) is 0 Å². The van der Waals surface area contributed by atoms with E-state index >= 15 is 0 Å². The lowest BCUT2D eigenvalue weighted by Gasteiger charge is -1.93. The van der Waals surface area contributed by atoms with Crippen LogP contribution in [0.1, 0.15) is 6.92 Å². The third kappa shape index (κ3) is 3.50. The van der Waals surface area contributed by atoms with Crippen molar-refractivity contribution in [1.29, 1.82) is 0 Å². The van der Waals surface area contributed by atoms with Gasteiger partial charge in [0.1, 0.15) is 0 Å². The molecule has 0 atom stereocenters. The van der Waals surface area contributed by atoms with Crippen LogP contribution in [-0.4, -0.2) is 30.2 Å². The van der Waals surface area contributed by atoms with Crippen molar-refractivity contribution >= 4 is 40.2 Å². The summed E-state index contributed by atoms with van der Waals surface area (Å²) in [5, 5.41) is 1.05. The van der Waals surface area contributed by atoms with Crippen LogP contribution in [0.25, 0.3) is 0 Å². The van der Waals surface area contributed by atoms with Crippen LogP contribution in [0.3, 0.4) is 0 Å². The standard InChI is InChI=1S/C2H5.2Al.ClH.O.2H/c1-2;;;;;;/h1H2,2H3;;;1H;;;/q;;+1;;;;/p-1. The van der Waals surface area contributed by atoms with E-state index in [-0.39, 0.29) is 0 Å². The molecule has 0 aliphatic carbocycles. The first kappa shape index (κ1) is 7.31. The lowest BCUT2D eigenvalue weighted by Crippen LogP contribution is -2.04. The van der Waals surface area contributed by atoms with Gasteiger partial charge in [-0.25, -0.2) is 10.0 Å². The van der Waals surface area contributed by atoms with Crippen molar-refractivity contribution in [2.45, 2.75) is 12.2 Å². The van der Waals surface area contributed by atoms with Gasteiger partial charge in [0, 0.05) is 0 Å². The third-order valence-electron chi connectivity index (χ3n) is 0.577. The van der Waals surface area contributed by atoms with E-state index in [0.29, 0.717) is 0 Å². The first-order valence-corrected chi connectivity index (χ1v) is 5.83. The summed E-state index contributed by atoms with van der Waals surface area (Å²) >= 11 is -0.314. The summed E-state index contributed by atoms with van der Waals surface area (Å²) in [4.78, 5) is 0. The SMILES string of the molecule is C[CH2][Al]([Cl])[O][AlH2]. The fourth-order valence-corrected chi connectivity index (χ4v) is 1.50. The predicted molar refractivity (Wildman–Crippen MR) is 31.7 cm³/mol. The molecule has 0 spiro atoms. The summed E-state index contributed by atoms with van der Waals surface area (Å²) in [5.74, 6) is 0. The molecule has 0 bridgehead atoms. The highest BCUT2D eigenvalue weighted by Gasteiger charge is 2.07. The van der Waals surface area contributed by atoms with E-state index in [1.165, 1.54) is 0 Å². The maximum absolute atomic E-state index is 5.60. The van der Waals surface area contributed by atoms with Gasteiger partial charge < -0.3 is 2.84 Å². The zero-order valence-corrected chi connectivity index (χ0v) is 7.98. The predicted octanol–water partition coefficient (Wildman–Crippen LogP) is 0.298. The zero-order valence-electron chi connectivity index (χ0n) is 4.07. The van der Waals surface area contributed by atoms with Gasteiger partial charge in [0.15, 0.2) is 0 Å². The molecule has 0 radical (unpaired) electrons. The molecule has 0 unspecified atom stereocenters. The zero-order chi connectivity index (χ0) is 4.99. The van der Waals surface area contributed by atoms with Crippen molar-refractivity contribution in [2.75, 3.05) is 0 Å². The van der Waals surface area contributed by atoms with Gasteiger partial charge in [-0.3, -0.25) is 0 Å². The second-order valence-corrected chi connectivity index (χ2v) is 6.04. The van der Waals surface area contributed by atoms with Gasteiger partial charge in [0.25, 0.3) is 0 Å². The summed E-state index contributed by atoms with van der Waals surface area (Å²) in [7, 11) is 5.60. The Kier molecular flexibility index (Phi) is 5.45. The van der Waals surface area contributed by atoms with Crippen LogP contribution < -0.4 is 0 Å². The second kappa shape index (κ2) is 4.47. The number of hydrogen-bond acceptors (Lipinski definition) is 1. The van der Waals surface area contributed by atoms with Crippen molar-refractivity contribution < 1.29 is 2.84 Å². The summed E-state index contributed by atoms with van der Waals surface area (Å²) in [6.45, 7) is 2.06. The molecular weight excluding hydrogens is 129 g/mol. The first-order valence-electron chi connectivity index (χ1n) is 1.98. The Hall–Kier alpha value is 1.31. The average Bonchev–Trinajstić information content (AvgIpc) is 1.65. The molecule has 0 heterocycles. The van der Waals surface area contributed by atoms with Crippen LogP contribution in [-0.2, 0) is 2.84 Å². The van der Waals surface area contributed by atoms with Gasteiger partial charge in [-0.05, 0) is 0 Å². The number of halogens is 1. The molecule has 0 saturated carbocycles. The lowest BCUT2D eigenvalue weighted by molar-refractivity contribution is 0.653. The van der Waals surface area contributed by atoms with Crippen LogP contribution in [0, 0.1) is 0 Å². The summed E-state index contributed by atoms with van der Waals surface area (Å²) in [6, 6.07) is 0. The molecule has 0 fully saturated rings. The van der Waals surface area contributed by atoms with Crippen molar-refractivity contribution in [3.63, 3.8) is 0 Å². The van der Waals surface area contributed by atoms with Gasteiger partial charge in [-0.1, -0.05) is 12.2 Å². The molecule has 0 amide bonds. The fourth-order valence-electron chi connectivity index (χ4n) is 0.167. The highest BCUT2D eigenvalue weighted by molar-refractivity contribution is 7.04. The smallest absolute Gasteiger partial charge is 0.560 e. The topological polar surface area (TPSA) is 9.23 Å². The van der Waals surface area contributed by atoms with Gasteiger partial charge >= 0.3 is 30.2 Å². The molecule has 0 saturated heterocycles. The van der Waals surface area contributed by atoms with E-state index in [1.54, 1.807) is 0 Å². The van der Waals surface area contributed by atoms with Crippen LogP contribution in [0.5, 0.6) is 0 Å². The Morgan fingerprint density at radius 2 is 2.50 bits per heavy atom. The molecule has 1 nitrogen and oxygen atoms in total. The van der Waals surface area contributed by atoms with Gasteiger partial charge in [-0.15, -0.1) is 0 Å². The largest absolute Gasteiger partial charge is 0.630 e. The van der Waals surface area contributed by atoms with Gasteiger partial charge in [0.2, 0.25) is 0 Å². The van der Waals surface area contributed by atoms with Crippen LogP contribution in [0.2, 0.25) is 5.28 Å². The normalized spacial score (nSPS) is 8.33. The van der Waals surface area contributed by atoms with E-state index < -0.39 is 13.6 Å². The Bertz CT molecular complexity index is 30.7. The minimum Gasteiger partial charge on any atom is -0.630 e. The van der Waals surface area contributed by atoms with Crippen molar-refractivity contribution in [3.05, 3.63) is 0 Å². The molecule has 4 heteroatoms. The fraction of sp³-hybridized carbons (Fsp3) is 1.00. The van der Waals surface area contributed by atoms with Crippen molar-refractivity contribution in [3.8, 4) is 0 Å². The van der Waals surface area contributed by atoms with E-state index in [2.05, 4.69) is 6.92 Å². The molecule has 34 valence electrons. The van der Waals surface area contributed by atoms with E-state index in [4.69, 9.17) is 12.9 Å². The lowest BCUT2D eigenvalue weighted by atomic mass is 11.0. The monoisotopic (exact) mass is 136 g/mol. The third-order valence-corrected chi connectivity index (χ3v) is 5.79. The highest BCUT2D eigenvalue weighted by atomic mass is 35.6. The Labute approximate surface area is 55.3 Å². The van der Waals surface area contributed by atoms with Crippen molar-refractivity contribution in [2.24, 2.45) is 0 Å². The molecule has 6 heavy (non-hydrogen) atoms. The minimum absolute atomic E-state index is 0.812. The molecule has 0 aromatic carbocycles. The van der Waals surface area contributed by atoms with E-state index in [9.17, 15) is 0 Å². The summed E-state index contributed by atoms with van der Waals surface area (Å²) in [5.41, 5.74) is 0. The average molecular weight is 136 g/mol. The molecule has 0 aliphatic heterocycles. The van der Waals surface area contributed by atoms with E-state index in [0.717, 1.165) is 21.9 Å². The maximum atomic E-state index is 5.60. The maximum Gasteiger partial charge on any atom is 0.560 e. The highest BCUT2D eigenvalue weighted by Crippen LogP contribution is 1.93. The quantitative estimate of drug-likeness (QED) is 0.496. The Morgan fingerprint density at radius 1 is 2.00 bits per heavy atom. The van der Waals surface area contributed by atoms with Crippen molar-refractivity contribution in [1.82, 2.24) is 0 Å². The minimum atomic E-state index is -1.13.